The van der Waals surface area contributed by atoms with Gasteiger partial charge in [-0.3, -0.25) is 4.79 Å². The van der Waals surface area contributed by atoms with Gasteiger partial charge in [-0.25, -0.2) is 13.1 Å². The summed E-state index contributed by atoms with van der Waals surface area (Å²) in [7, 11) is -2.09. The molecular formula is C22H27ClN2O5S. The molecule has 2 aromatic carbocycles. The molecule has 9 heteroatoms. The fourth-order valence-corrected chi connectivity index (χ4v) is 5.14. The molecule has 1 saturated carbocycles. The summed E-state index contributed by atoms with van der Waals surface area (Å²) in [5.74, 6) is 0.591. The summed E-state index contributed by atoms with van der Waals surface area (Å²) in [6.07, 6.45) is 4.89. The third-order valence-corrected chi connectivity index (χ3v) is 6.98. The second-order valence-electron chi connectivity index (χ2n) is 7.43. The summed E-state index contributed by atoms with van der Waals surface area (Å²) < 4.78 is 38.7. The predicted octanol–water partition coefficient (Wildman–Crippen LogP) is 3.65. The van der Waals surface area contributed by atoms with Gasteiger partial charge in [0.05, 0.1) is 17.0 Å². The maximum atomic E-state index is 12.6. The van der Waals surface area contributed by atoms with Gasteiger partial charge in [-0.15, -0.1) is 0 Å². The second-order valence-corrected chi connectivity index (χ2v) is 9.55. The Morgan fingerprint density at radius 3 is 2.55 bits per heavy atom. The predicted molar refractivity (Wildman–Crippen MR) is 119 cm³/mol. The summed E-state index contributed by atoms with van der Waals surface area (Å²) in [4.78, 5) is 12.2. The molecule has 0 saturated heterocycles. The Bertz CT molecular complexity index is 1010. The van der Waals surface area contributed by atoms with Crippen molar-refractivity contribution in [3.63, 3.8) is 0 Å². The minimum Gasteiger partial charge on any atom is -0.496 e. The van der Waals surface area contributed by atoms with Gasteiger partial charge >= 0.3 is 0 Å². The Morgan fingerprint density at radius 1 is 1.10 bits per heavy atom. The van der Waals surface area contributed by atoms with Crippen LogP contribution in [0.1, 0.15) is 37.7 Å². The van der Waals surface area contributed by atoms with Gasteiger partial charge < -0.3 is 14.8 Å². The number of halogens is 1. The zero-order chi connectivity index (χ0) is 22.3. The Balaban J connectivity index is 1.54. The lowest BCUT2D eigenvalue weighted by Gasteiger charge is -2.22. The Hall–Kier alpha value is -2.29. The minimum atomic E-state index is -3.66. The molecule has 1 aliphatic rings. The van der Waals surface area contributed by atoms with Crippen molar-refractivity contribution >= 4 is 27.5 Å². The van der Waals surface area contributed by atoms with E-state index in [9.17, 15) is 13.2 Å². The first-order chi connectivity index (χ1) is 14.9. The third-order valence-electron chi connectivity index (χ3n) is 5.17. The first-order valence-electron chi connectivity index (χ1n) is 10.2. The van der Waals surface area contributed by atoms with Crippen LogP contribution in [-0.2, 0) is 21.4 Å². The number of hydrogen-bond acceptors (Lipinski definition) is 5. The summed E-state index contributed by atoms with van der Waals surface area (Å²) in [6, 6.07) is 11.6. The largest absolute Gasteiger partial charge is 0.496 e. The van der Waals surface area contributed by atoms with Crippen molar-refractivity contribution in [1.82, 2.24) is 10.0 Å². The summed E-state index contributed by atoms with van der Waals surface area (Å²) in [5, 5.41) is 2.88. The second kappa shape index (κ2) is 10.8. The van der Waals surface area contributed by atoms with Crippen LogP contribution in [0.3, 0.4) is 0 Å². The highest BCUT2D eigenvalue weighted by atomic mass is 35.5. The van der Waals surface area contributed by atoms with E-state index in [1.165, 1.54) is 18.2 Å². The van der Waals surface area contributed by atoms with Crippen LogP contribution in [0.2, 0.25) is 5.02 Å². The Labute approximate surface area is 188 Å². The molecule has 1 amide bonds. The van der Waals surface area contributed by atoms with Crippen LogP contribution in [0, 0.1) is 0 Å². The molecule has 2 N–H and O–H groups in total. The molecular weight excluding hydrogens is 440 g/mol. The molecule has 0 radical (unpaired) electrons. The number of sulfonamides is 1. The normalized spacial score (nSPS) is 14.8. The molecule has 0 unspecified atom stereocenters. The molecule has 7 nitrogen and oxygen atoms in total. The Kier molecular flexibility index (Phi) is 8.17. The van der Waals surface area contributed by atoms with Crippen LogP contribution < -0.4 is 19.5 Å². The highest BCUT2D eigenvalue weighted by molar-refractivity contribution is 7.89. The number of amides is 1. The van der Waals surface area contributed by atoms with E-state index in [0.29, 0.717) is 12.3 Å². The number of hydrogen-bond donors (Lipinski definition) is 2. The number of nitrogens with one attached hydrogen (secondary N) is 2. The average Bonchev–Trinajstić information content (AvgIpc) is 2.77. The lowest BCUT2D eigenvalue weighted by Crippen LogP contribution is -2.36. The van der Waals surface area contributed by atoms with E-state index in [-0.39, 0.29) is 34.2 Å². The molecule has 31 heavy (non-hydrogen) atoms. The molecule has 1 aliphatic carbocycles. The molecule has 2 aromatic rings. The maximum absolute atomic E-state index is 12.6. The van der Waals surface area contributed by atoms with E-state index < -0.39 is 10.0 Å². The lowest BCUT2D eigenvalue weighted by atomic mass is 9.96. The molecule has 1 fully saturated rings. The van der Waals surface area contributed by atoms with E-state index >= 15 is 0 Å². The number of para-hydroxylation sites is 1. The Morgan fingerprint density at radius 2 is 1.84 bits per heavy atom. The van der Waals surface area contributed by atoms with E-state index in [0.717, 1.165) is 37.7 Å². The average molecular weight is 467 g/mol. The van der Waals surface area contributed by atoms with Gasteiger partial charge in [0.2, 0.25) is 10.0 Å². The molecule has 0 atom stereocenters. The molecule has 168 valence electrons. The highest BCUT2D eigenvalue weighted by Crippen LogP contribution is 2.28. The van der Waals surface area contributed by atoms with E-state index in [1.54, 1.807) is 7.11 Å². The quantitative estimate of drug-likeness (QED) is 0.588. The topological polar surface area (TPSA) is 93.7 Å². The van der Waals surface area contributed by atoms with Crippen LogP contribution in [-0.4, -0.2) is 34.1 Å². The fourth-order valence-electron chi connectivity index (χ4n) is 3.51. The fraction of sp³-hybridized carbons (Fsp3) is 0.409. The zero-order valence-electron chi connectivity index (χ0n) is 17.4. The van der Waals surface area contributed by atoms with E-state index in [2.05, 4.69) is 10.0 Å². The summed E-state index contributed by atoms with van der Waals surface area (Å²) >= 11 is 6.21. The van der Waals surface area contributed by atoms with Gasteiger partial charge in [-0.1, -0.05) is 49.1 Å². The van der Waals surface area contributed by atoms with Gasteiger partial charge in [0.15, 0.2) is 6.61 Å². The number of benzene rings is 2. The van der Waals surface area contributed by atoms with Crippen LogP contribution in [0.25, 0.3) is 0 Å². The monoisotopic (exact) mass is 466 g/mol. The van der Waals surface area contributed by atoms with Crippen molar-refractivity contribution in [2.75, 3.05) is 13.7 Å². The minimum absolute atomic E-state index is 0.0413. The first kappa shape index (κ1) is 23.4. The van der Waals surface area contributed by atoms with Gasteiger partial charge in [0.1, 0.15) is 11.5 Å². The molecule has 0 heterocycles. The first-order valence-corrected chi connectivity index (χ1v) is 12.1. The standard InChI is InChI=1S/C22H27ClN2O5S/c1-29-20-10-6-5-7-16(20)14-24-22(26)15-30-21-12-11-18(13-19(21)23)31(27,28)25-17-8-3-2-4-9-17/h5-7,10-13,17,25H,2-4,8-9,14-15H2,1H3,(H,24,26). The number of rotatable bonds is 9. The van der Waals surface area contributed by atoms with Crippen LogP contribution in [0.5, 0.6) is 11.5 Å². The zero-order valence-corrected chi connectivity index (χ0v) is 19.0. The van der Waals surface area contributed by atoms with Gasteiger partial charge in [-0.2, -0.15) is 0 Å². The smallest absolute Gasteiger partial charge is 0.258 e. The highest BCUT2D eigenvalue weighted by Gasteiger charge is 2.22. The SMILES string of the molecule is COc1ccccc1CNC(=O)COc1ccc(S(=O)(=O)NC2CCCCC2)cc1Cl. The van der Waals surface area contributed by atoms with Crippen molar-refractivity contribution in [3.8, 4) is 11.5 Å². The maximum Gasteiger partial charge on any atom is 0.258 e. The molecule has 0 aromatic heterocycles. The number of carbonyl (C=O) groups is 1. The van der Waals surface area contributed by atoms with Crippen molar-refractivity contribution in [2.45, 2.75) is 49.6 Å². The van der Waals surface area contributed by atoms with Gasteiger partial charge in [0.25, 0.3) is 5.91 Å². The van der Waals surface area contributed by atoms with E-state index in [1.807, 2.05) is 24.3 Å². The summed E-state index contributed by atoms with van der Waals surface area (Å²) in [6.45, 7) is 0.0469. The van der Waals surface area contributed by atoms with Gasteiger partial charge in [-0.05, 0) is 37.1 Å². The molecule has 0 spiro atoms. The van der Waals surface area contributed by atoms with Crippen molar-refractivity contribution in [2.24, 2.45) is 0 Å². The van der Waals surface area contributed by atoms with Crippen molar-refractivity contribution < 1.29 is 22.7 Å². The van der Waals surface area contributed by atoms with Crippen LogP contribution >= 0.6 is 11.6 Å². The van der Waals surface area contributed by atoms with E-state index in [4.69, 9.17) is 21.1 Å². The third kappa shape index (κ3) is 6.59. The number of ether oxygens (including phenoxy) is 2. The molecule has 3 rings (SSSR count). The van der Waals surface area contributed by atoms with Crippen molar-refractivity contribution in [3.05, 3.63) is 53.1 Å². The molecule has 0 aliphatic heterocycles. The van der Waals surface area contributed by atoms with Crippen LogP contribution in [0.15, 0.2) is 47.4 Å². The van der Waals surface area contributed by atoms with Crippen LogP contribution in [0.4, 0.5) is 0 Å². The number of carbonyl (C=O) groups excluding carboxylic acids is 1. The summed E-state index contributed by atoms with van der Waals surface area (Å²) in [5.41, 5.74) is 0.844. The lowest BCUT2D eigenvalue weighted by molar-refractivity contribution is -0.123. The number of methoxy groups -OCH3 is 1. The van der Waals surface area contributed by atoms with Gasteiger partial charge in [0, 0.05) is 18.2 Å². The molecule has 0 bridgehead atoms. The van der Waals surface area contributed by atoms with Crippen molar-refractivity contribution in [1.29, 1.82) is 0 Å².